The van der Waals surface area contributed by atoms with Crippen molar-refractivity contribution in [3.05, 3.63) is 217 Å². The molecule has 57 heavy (non-hydrogen) atoms. The number of furan rings is 1. The highest BCUT2D eigenvalue weighted by molar-refractivity contribution is 6.20. The van der Waals surface area contributed by atoms with E-state index in [2.05, 4.69) is 193 Å². The first-order chi connectivity index (χ1) is 28.2. The molecule has 0 spiro atoms. The molecule has 1 aliphatic heterocycles. The molecule has 10 aromatic rings. The van der Waals surface area contributed by atoms with Gasteiger partial charge in [-0.15, -0.1) is 0 Å². The fraction of sp³-hybridized carbons (Fsp3) is 0.0189. The molecule has 0 radical (unpaired) electrons. The van der Waals surface area contributed by atoms with Crippen molar-refractivity contribution in [1.82, 2.24) is 5.32 Å². The van der Waals surface area contributed by atoms with Gasteiger partial charge in [0.05, 0.1) is 0 Å². The Kier molecular flexibility index (Phi) is 7.85. The Hall–Kier alpha value is -7.56. The molecule has 1 N–H and O–H groups in total. The number of hydrogen-bond donors (Lipinski definition) is 1. The first-order valence-electron chi connectivity index (χ1n) is 19.3. The van der Waals surface area contributed by atoms with Gasteiger partial charge >= 0.3 is 0 Å². The SMILES string of the molecule is c1ccc(-c2ccc(C3N=C(c4ccccc4-c4cccc5oc6c(-c7ccccc7)cccc6c45)N=C(c4ccc5ccc6ccccc6c5c4)N3)cc2)cc1. The summed E-state index contributed by atoms with van der Waals surface area (Å²) in [6.07, 6.45) is -0.368. The molecule has 11 rings (SSSR count). The lowest BCUT2D eigenvalue weighted by atomic mass is 9.93. The van der Waals surface area contributed by atoms with Crippen LogP contribution >= 0.6 is 0 Å². The fourth-order valence-corrected chi connectivity index (χ4v) is 8.35. The molecule has 0 saturated heterocycles. The number of para-hydroxylation sites is 1. The van der Waals surface area contributed by atoms with E-state index in [0.29, 0.717) is 5.84 Å². The van der Waals surface area contributed by atoms with Crippen molar-refractivity contribution in [1.29, 1.82) is 0 Å². The summed E-state index contributed by atoms with van der Waals surface area (Å²) in [4.78, 5) is 10.7. The number of hydrogen-bond acceptors (Lipinski definition) is 4. The van der Waals surface area contributed by atoms with E-state index in [-0.39, 0.29) is 6.17 Å². The average Bonchev–Trinajstić information content (AvgIpc) is 3.69. The van der Waals surface area contributed by atoms with Crippen molar-refractivity contribution in [2.24, 2.45) is 9.98 Å². The Morgan fingerprint density at radius 3 is 1.84 bits per heavy atom. The van der Waals surface area contributed by atoms with Crippen molar-refractivity contribution in [2.75, 3.05) is 0 Å². The molecule has 1 atom stereocenters. The van der Waals surface area contributed by atoms with E-state index in [9.17, 15) is 0 Å². The molecular weight excluding hydrogens is 695 g/mol. The zero-order valence-corrected chi connectivity index (χ0v) is 30.9. The predicted octanol–water partition coefficient (Wildman–Crippen LogP) is 13.4. The normalized spacial score (nSPS) is 14.1. The predicted molar refractivity (Wildman–Crippen MR) is 237 cm³/mol. The Bertz CT molecular complexity index is 3200. The summed E-state index contributed by atoms with van der Waals surface area (Å²) in [5, 5.41) is 10.7. The van der Waals surface area contributed by atoms with Crippen LogP contribution < -0.4 is 5.32 Å². The Morgan fingerprint density at radius 2 is 1.02 bits per heavy atom. The zero-order chi connectivity index (χ0) is 37.7. The minimum Gasteiger partial charge on any atom is -0.455 e. The Balaban J connectivity index is 1.08. The van der Waals surface area contributed by atoms with Crippen LogP contribution in [0.5, 0.6) is 0 Å². The van der Waals surface area contributed by atoms with Gasteiger partial charge in [-0.1, -0.05) is 188 Å². The highest BCUT2D eigenvalue weighted by Gasteiger charge is 2.25. The van der Waals surface area contributed by atoms with Gasteiger partial charge in [0.1, 0.15) is 23.2 Å². The van der Waals surface area contributed by atoms with Crippen molar-refractivity contribution in [3.63, 3.8) is 0 Å². The van der Waals surface area contributed by atoms with Gasteiger partial charge in [0.15, 0.2) is 5.84 Å². The number of fused-ring (bicyclic) bond motifs is 6. The third-order valence-corrected chi connectivity index (χ3v) is 11.2. The number of nitrogens with zero attached hydrogens (tertiary/aromatic N) is 2. The van der Waals surface area contributed by atoms with Gasteiger partial charge in [-0.3, -0.25) is 0 Å². The number of amidine groups is 2. The van der Waals surface area contributed by atoms with Gasteiger partial charge in [-0.05, 0) is 67.1 Å². The molecule has 1 aliphatic rings. The molecule has 0 fully saturated rings. The summed E-state index contributed by atoms with van der Waals surface area (Å²) in [7, 11) is 0. The maximum atomic E-state index is 6.67. The van der Waals surface area contributed by atoms with Crippen LogP contribution in [0.3, 0.4) is 0 Å². The van der Waals surface area contributed by atoms with Crippen LogP contribution in [0.25, 0.3) is 76.9 Å². The molecule has 0 amide bonds. The molecule has 268 valence electrons. The lowest BCUT2D eigenvalue weighted by molar-refractivity contribution is 0.670. The molecule has 1 aromatic heterocycles. The van der Waals surface area contributed by atoms with Crippen molar-refractivity contribution in [2.45, 2.75) is 6.17 Å². The van der Waals surface area contributed by atoms with Gasteiger partial charge in [0.25, 0.3) is 0 Å². The summed E-state index contributed by atoms with van der Waals surface area (Å²) < 4.78 is 6.67. The summed E-state index contributed by atoms with van der Waals surface area (Å²) in [6.45, 7) is 0. The topological polar surface area (TPSA) is 49.9 Å². The largest absolute Gasteiger partial charge is 0.455 e. The Labute approximate surface area is 330 Å². The van der Waals surface area contributed by atoms with Crippen LogP contribution in [-0.4, -0.2) is 11.7 Å². The van der Waals surface area contributed by atoms with Crippen LogP contribution in [0.15, 0.2) is 215 Å². The number of nitrogens with one attached hydrogen (secondary N) is 1. The number of benzene rings is 9. The van der Waals surface area contributed by atoms with Gasteiger partial charge in [-0.2, -0.15) is 0 Å². The van der Waals surface area contributed by atoms with E-state index >= 15 is 0 Å². The molecule has 2 heterocycles. The van der Waals surface area contributed by atoms with E-state index in [1.165, 1.54) is 27.1 Å². The molecular formula is C53H35N3O. The van der Waals surface area contributed by atoms with E-state index in [4.69, 9.17) is 14.4 Å². The van der Waals surface area contributed by atoms with Crippen LogP contribution in [-0.2, 0) is 0 Å². The first kappa shape index (κ1) is 32.8. The third-order valence-electron chi connectivity index (χ3n) is 11.2. The van der Waals surface area contributed by atoms with Gasteiger partial charge in [0.2, 0.25) is 0 Å². The molecule has 4 nitrogen and oxygen atoms in total. The first-order valence-corrected chi connectivity index (χ1v) is 19.3. The smallest absolute Gasteiger partial charge is 0.160 e. The van der Waals surface area contributed by atoms with Gasteiger partial charge in [0, 0.05) is 27.5 Å². The number of rotatable bonds is 6. The molecule has 9 aromatic carbocycles. The molecule has 0 saturated carbocycles. The number of aliphatic imine (C=N–C) groups is 2. The minimum absolute atomic E-state index is 0.368. The molecule has 1 unspecified atom stereocenters. The van der Waals surface area contributed by atoms with Crippen LogP contribution in [0.4, 0.5) is 0 Å². The van der Waals surface area contributed by atoms with E-state index in [0.717, 1.165) is 72.3 Å². The van der Waals surface area contributed by atoms with E-state index in [1.54, 1.807) is 0 Å². The zero-order valence-electron chi connectivity index (χ0n) is 30.9. The summed E-state index contributed by atoms with van der Waals surface area (Å²) in [5.74, 6) is 1.45. The lowest BCUT2D eigenvalue weighted by Crippen LogP contribution is -2.33. The monoisotopic (exact) mass is 729 g/mol. The van der Waals surface area contributed by atoms with Gasteiger partial charge < -0.3 is 9.73 Å². The molecule has 0 bridgehead atoms. The van der Waals surface area contributed by atoms with Crippen molar-refractivity contribution in [3.8, 4) is 33.4 Å². The fourth-order valence-electron chi connectivity index (χ4n) is 8.35. The average molecular weight is 730 g/mol. The second-order valence-electron chi connectivity index (χ2n) is 14.5. The second-order valence-corrected chi connectivity index (χ2v) is 14.5. The second kappa shape index (κ2) is 13.6. The summed E-state index contributed by atoms with van der Waals surface area (Å²) >= 11 is 0. The standard InChI is InChI=1S/C53H35N3O/c1-3-13-34(14-4-1)35-25-30-39(31-26-35)51-54-52(40-32-29-38-28-27-37-17-7-8-18-41(37)47(38)33-40)56-53(55-51)45-20-10-9-19-43(45)44-22-12-24-48-49(44)46-23-11-21-42(50(46)57-48)36-15-5-2-6-16-36/h1-33,51H,(H,54,55,56). The highest BCUT2D eigenvalue weighted by Crippen LogP contribution is 2.42. The maximum absolute atomic E-state index is 6.67. The van der Waals surface area contributed by atoms with Crippen LogP contribution in [0.2, 0.25) is 0 Å². The summed E-state index contributed by atoms with van der Waals surface area (Å²) in [5.41, 5.74) is 11.4. The Morgan fingerprint density at radius 1 is 0.421 bits per heavy atom. The van der Waals surface area contributed by atoms with Gasteiger partial charge in [-0.25, -0.2) is 9.98 Å². The van der Waals surface area contributed by atoms with Crippen molar-refractivity contribution >= 4 is 55.2 Å². The summed E-state index contributed by atoms with van der Waals surface area (Å²) in [6, 6.07) is 70.4. The minimum atomic E-state index is -0.368. The van der Waals surface area contributed by atoms with Crippen molar-refractivity contribution < 1.29 is 4.42 Å². The van der Waals surface area contributed by atoms with E-state index in [1.807, 2.05) is 12.1 Å². The highest BCUT2D eigenvalue weighted by atomic mass is 16.3. The third kappa shape index (κ3) is 5.78. The lowest BCUT2D eigenvalue weighted by Gasteiger charge is -2.25. The maximum Gasteiger partial charge on any atom is 0.160 e. The quantitative estimate of drug-likeness (QED) is 0.173. The van der Waals surface area contributed by atoms with Crippen LogP contribution in [0, 0.1) is 0 Å². The molecule has 0 aliphatic carbocycles. The molecule has 4 heteroatoms. The van der Waals surface area contributed by atoms with E-state index < -0.39 is 0 Å². The van der Waals surface area contributed by atoms with Crippen LogP contribution in [0.1, 0.15) is 22.9 Å².